The zero-order valence-corrected chi connectivity index (χ0v) is 15.7. The molecule has 0 fully saturated rings. The zero-order chi connectivity index (χ0) is 8.58. The van der Waals surface area contributed by atoms with Crippen molar-refractivity contribution in [3.05, 3.63) is 0 Å². The Hall–Kier alpha value is 1.33. The van der Waals surface area contributed by atoms with Gasteiger partial charge in [-0.2, -0.15) is 0 Å². The second kappa shape index (κ2) is 3.37. The molecule has 0 aliphatic heterocycles. The van der Waals surface area contributed by atoms with Crippen molar-refractivity contribution in [2.24, 2.45) is 0 Å². The molecule has 0 spiro atoms. The summed E-state index contributed by atoms with van der Waals surface area (Å²) in [6.07, 6.45) is 0. The van der Waals surface area contributed by atoms with Gasteiger partial charge in [0.2, 0.25) is 0 Å². The van der Waals surface area contributed by atoms with Crippen molar-refractivity contribution in [2.45, 2.75) is 39.3 Å². The molecule has 0 unspecified atom stereocenters. The van der Waals surface area contributed by atoms with Crippen LogP contribution in [0.15, 0.2) is 0 Å². The van der Waals surface area contributed by atoms with Gasteiger partial charge in [0, 0.05) is 0 Å². The summed E-state index contributed by atoms with van der Waals surface area (Å²) in [7, 11) is -1.83. The van der Waals surface area contributed by atoms with Crippen LogP contribution in [0, 0.1) is 0 Å². The second-order valence-electron chi connectivity index (χ2n) is 4.77. The molecule has 10 heavy (non-hydrogen) atoms. The molecule has 0 saturated carbocycles. The molecule has 4 heteroatoms. The summed E-state index contributed by atoms with van der Waals surface area (Å²) < 4.78 is 2.85. The van der Waals surface area contributed by atoms with Crippen LogP contribution >= 0.6 is 0 Å². The molecule has 57 valence electrons. The fraction of sp³-hybridized carbons (Fsp3) is 1.00. The van der Waals surface area contributed by atoms with Crippen molar-refractivity contribution in [2.75, 3.05) is 0 Å². The van der Waals surface area contributed by atoms with E-state index in [1.807, 2.05) is 0 Å². The van der Waals surface area contributed by atoms with E-state index in [4.69, 9.17) is 0 Å². The normalized spacial score (nSPS) is 14.5. The van der Waals surface area contributed by atoms with Crippen LogP contribution in [-0.4, -0.2) is 18.5 Å². The topological polar surface area (TPSA) is 3.24 Å². The van der Waals surface area contributed by atoms with Crippen LogP contribution in [0.25, 0.3) is 0 Å². The van der Waals surface area contributed by atoms with Crippen LogP contribution in [0.5, 0.6) is 0 Å². The predicted molar refractivity (Wildman–Crippen MR) is 48.5 cm³/mol. The van der Waals surface area contributed by atoms with Crippen molar-refractivity contribution in [3.63, 3.8) is 0 Å². The van der Waals surface area contributed by atoms with Gasteiger partial charge in [-0.25, -0.2) is 0 Å². The molecule has 0 amide bonds. The van der Waals surface area contributed by atoms with Crippen LogP contribution < -0.4 is 0 Å². The van der Waals surface area contributed by atoms with Gasteiger partial charge >= 0.3 is 84.2 Å². The van der Waals surface area contributed by atoms with E-state index in [1.165, 1.54) is 0 Å². The summed E-state index contributed by atoms with van der Waals surface area (Å²) in [4.78, 5) is 0. The molecule has 0 aromatic heterocycles. The van der Waals surface area contributed by atoms with E-state index in [0.717, 1.165) is 26.4 Å². The molecule has 0 aromatic carbocycles. The Kier molecular flexibility index (Phi) is 3.82. The van der Waals surface area contributed by atoms with Crippen molar-refractivity contribution < 1.29 is 26.4 Å². The molecular formula is C6H18HgNSi2. The third-order valence-corrected chi connectivity index (χ3v) is 31.0. The molecule has 0 radical (unpaired) electrons. The summed E-state index contributed by atoms with van der Waals surface area (Å²) in [6, 6.07) is 0. The first kappa shape index (κ1) is 11.3. The average Bonchev–Trinajstić information content (AvgIpc) is 1.59. The van der Waals surface area contributed by atoms with Gasteiger partial charge in [0.05, 0.1) is 0 Å². The van der Waals surface area contributed by atoms with E-state index < -0.39 is 16.5 Å². The van der Waals surface area contributed by atoms with Crippen LogP contribution in [-0.2, 0) is 26.4 Å². The van der Waals surface area contributed by atoms with Crippen LogP contribution in [0.3, 0.4) is 0 Å². The summed E-state index contributed by atoms with van der Waals surface area (Å²) in [5.41, 5.74) is 0. The molecule has 0 saturated heterocycles. The van der Waals surface area contributed by atoms with E-state index in [1.54, 1.807) is 0 Å². The molecule has 0 aromatic rings. The van der Waals surface area contributed by atoms with Gasteiger partial charge in [-0.05, 0) is 0 Å². The van der Waals surface area contributed by atoms with E-state index in [0.29, 0.717) is 0 Å². The van der Waals surface area contributed by atoms with E-state index in [2.05, 4.69) is 41.3 Å². The summed E-state index contributed by atoms with van der Waals surface area (Å²) in [5, 5.41) is 0. The van der Waals surface area contributed by atoms with Gasteiger partial charge in [-0.15, -0.1) is 0 Å². The SMILES string of the molecule is C[Si](C)(C)[N]([Hg])[Si](C)(C)C. The van der Waals surface area contributed by atoms with Gasteiger partial charge < -0.3 is 0 Å². The molecule has 0 N–H and O–H groups in total. The number of hydrogen-bond donors (Lipinski definition) is 0. The minimum absolute atomic E-state index is 0.853. The fourth-order valence-corrected chi connectivity index (χ4v) is 9.06. The number of nitrogens with zero attached hydrogens (tertiary/aromatic N) is 1. The van der Waals surface area contributed by atoms with Crippen molar-refractivity contribution in [3.8, 4) is 0 Å². The number of hydrogen-bond acceptors (Lipinski definition) is 1. The molecule has 0 heterocycles. The molecule has 0 bridgehead atoms. The molecule has 0 aliphatic carbocycles. The third kappa shape index (κ3) is 3.64. The van der Waals surface area contributed by atoms with Gasteiger partial charge in [-0.3, -0.25) is 0 Å². The standard InChI is InChI=1S/C6H18NSi2.Hg/c1-8(2,3)7-9(4,5)6;/h1-6H3;/q-1;+1. The summed E-state index contributed by atoms with van der Waals surface area (Å²) in [5.74, 6) is 0. The quantitative estimate of drug-likeness (QED) is 0.683. The summed E-state index contributed by atoms with van der Waals surface area (Å²) in [6.45, 7) is 14.7. The molecule has 0 atom stereocenters. The second-order valence-corrected chi connectivity index (χ2v) is 22.4. The first-order chi connectivity index (χ1) is 4.15. The van der Waals surface area contributed by atoms with E-state index in [9.17, 15) is 0 Å². The molecule has 0 aliphatic rings. The monoisotopic (exact) mass is 362 g/mol. The average molecular weight is 361 g/mol. The van der Waals surface area contributed by atoms with Gasteiger partial charge in [0.1, 0.15) is 0 Å². The van der Waals surface area contributed by atoms with Crippen LogP contribution in [0.4, 0.5) is 0 Å². The molecule has 1 nitrogen and oxygen atoms in total. The number of rotatable bonds is 2. The van der Waals surface area contributed by atoms with Gasteiger partial charge in [-0.1, -0.05) is 0 Å². The Labute approximate surface area is 83.8 Å². The Balaban J connectivity index is 4.23. The minimum atomic E-state index is -0.915. The Morgan fingerprint density at radius 3 is 1.00 bits per heavy atom. The van der Waals surface area contributed by atoms with Crippen molar-refractivity contribution in [1.29, 1.82) is 0 Å². The first-order valence-corrected chi connectivity index (χ1v) is 13.1. The maximum absolute atomic E-state index is 2.85. The molecular weight excluding hydrogens is 343 g/mol. The van der Waals surface area contributed by atoms with Gasteiger partial charge in [0.25, 0.3) is 0 Å². The van der Waals surface area contributed by atoms with E-state index in [-0.39, 0.29) is 0 Å². The van der Waals surface area contributed by atoms with Crippen molar-refractivity contribution >= 4 is 16.5 Å². The fourth-order valence-electron chi connectivity index (χ4n) is 1.01. The van der Waals surface area contributed by atoms with Gasteiger partial charge in [0.15, 0.2) is 0 Å². The maximum atomic E-state index is 2.85. The third-order valence-electron chi connectivity index (χ3n) is 1.62. The Bertz CT molecular complexity index is 99.9. The van der Waals surface area contributed by atoms with Crippen LogP contribution in [0.1, 0.15) is 0 Å². The predicted octanol–water partition coefficient (Wildman–Crippen LogP) is 2.42. The Morgan fingerprint density at radius 2 is 1.00 bits per heavy atom. The first-order valence-electron chi connectivity index (χ1n) is 3.76. The van der Waals surface area contributed by atoms with Crippen LogP contribution in [0.2, 0.25) is 39.3 Å². The Morgan fingerprint density at radius 1 is 0.800 bits per heavy atom. The molecule has 0 rings (SSSR count). The summed E-state index contributed by atoms with van der Waals surface area (Å²) >= 11 is 0.853. The van der Waals surface area contributed by atoms with E-state index >= 15 is 0 Å². The zero-order valence-electron chi connectivity index (χ0n) is 8.15. The van der Waals surface area contributed by atoms with Crippen molar-refractivity contribution in [1.82, 2.24) is 2.00 Å².